The zero-order valence-electron chi connectivity index (χ0n) is 6.90. The fourth-order valence-corrected chi connectivity index (χ4v) is 0.798. The highest BCUT2D eigenvalue weighted by atomic mass is 32.2. The van der Waals surface area contributed by atoms with Crippen LogP contribution in [0, 0.1) is 5.41 Å². The Morgan fingerprint density at radius 3 is 2.30 bits per heavy atom. The Labute approximate surface area is 67.7 Å². The molecule has 58 valence electrons. The number of hydrogen-bond donors (Lipinski definition) is 1. The minimum atomic E-state index is 0.135. The zero-order valence-corrected chi connectivity index (χ0v) is 7.72. The molecule has 1 N–H and O–H groups in total. The van der Waals surface area contributed by atoms with E-state index in [1.54, 1.807) is 5.41 Å². The largest absolute Gasteiger partial charge is 0.330 e. The average molecular weight is 157 g/mol. The van der Waals surface area contributed by atoms with Crippen molar-refractivity contribution in [1.82, 2.24) is 4.72 Å². The third kappa shape index (κ3) is 3.62. The molecule has 0 spiro atoms. The molecular weight excluding hydrogens is 142 g/mol. The van der Waals surface area contributed by atoms with Crippen LogP contribution in [0.2, 0.25) is 0 Å². The first-order valence-corrected chi connectivity index (χ1v) is 4.08. The minimum Gasteiger partial charge on any atom is -0.330 e. The normalized spacial score (nSPS) is 10.7. The summed E-state index contributed by atoms with van der Waals surface area (Å²) in [5, 5.41) is 1.75. The van der Waals surface area contributed by atoms with Gasteiger partial charge in [-0.25, -0.2) is 0 Å². The number of nitrogens with one attached hydrogen (secondary N) is 1. The molecule has 0 saturated heterocycles. The molecule has 0 unspecified atom stereocenters. The van der Waals surface area contributed by atoms with Crippen LogP contribution in [0.1, 0.15) is 20.8 Å². The van der Waals surface area contributed by atoms with E-state index in [1.807, 2.05) is 0 Å². The van der Waals surface area contributed by atoms with Crippen molar-refractivity contribution in [2.24, 2.45) is 5.41 Å². The summed E-state index contributed by atoms with van der Waals surface area (Å²) in [7, 11) is 0. The highest BCUT2D eigenvalue weighted by molar-refractivity contribution is 8.00. The maximum absolute atomic E-state index is 3.88. The van der Waals surface area contributed by atoms with E-state index < -0.39 is 0 Å². The van der Waals surface area contributed by atoms with Crippen molar-refractivity contribution in [2.45, 2.75) is 20.8 Å². The van der Waals surface area contributed by atoms with Gasteiger partial charge in [-0.3, -0.25) is 0 Å². The molecular formula is C8H15NS. The van der Waals surface area contributed by atoms with Gasteiger partial charge in [-0.1, -0.05) is 33.9 Å². The van der Waals surface area contributed by atoms with Gasteiger partial charge in [0.05, 0.1) is 0 Å². The van der Waals surface area contributed by atoms with Gasteiger partial charge in [0.2, 0.25) is 0 Å². The van der Waals surface area contributed by atoms with E-state index in [0.717, 1.165) is 5.70 Å². The van der Waals surface area contributed by atoms with Gasteiger partial charge in [-0.05, 0) is 17.4 Å². The van der Waals surface area contributed by atoms with E-state index in [9.17, 15) is 0 Å². The molecule has 0 atom stereocenters. The number of rotatable bonds is 3. The van der Waals surface area contributed by atoms with Crippen molar-refractivity contribution < 1.29 is 0 Å². The smallest absolute Gasteiger partial charge is 0.0195 e. The molecule has 0 rings (SSSR count). The summed E-state index contributed by atoms with van der Waals surface area (Å²) in [6.45, 7) is 13.8. The molecule has 10 heavy (non-hydrogen) atoms. The molecule has 0 fully saturated rings. The molecule has 0 aliphatic rings. The van der Waals surface area contributed by atoms with Crippen LogP contribution >= 0.6 is 11.9 Å². The fraction of sp³-hybridized carbons (Fsp3) is 0.500. The van der Waals surface area contributed by atoms with E-state index in [0.29, 0.717) is 0 Å². The Kier molecular flexibility index (Phi) is 3.58. The maximum Gasteiger partial charge on any atom is 0.0195 e. The first-order chi connectivity index (χ1) is 4.48. The Morgan fingerprint density at radius 1 is 1.50 bits per heavy atom. The van der Waals surface area contributed by atoms with Gasteiger partial charge < -0.3 is 4.72 Å². The van der Waals surface area contributed by atoms with Gasteiger partial charge in [-0.2, -0.15) is 0 Å². The zero-order chi connectivity index (χ0) is 8.20. The molecule has 0 aromatic carbocycles. The first-order valence-electron chi connectivity index (χ1n) is 3.20. The summed E-state index contributed by atoms with van der Waals surface area (Å²) in [6.07, 6.45) is 0. The van der Waals surface area contributed by atoms with E-state index in [1.165, 1.54) is 11.9 Å². The van der Waals surface area contributed by atoms with Crippen molar-refractivity contribution in [1.29, 1.82) is 0 Å². The molecule has 0 aliphatic carbocycles. The molecule has 0 aromatic rings. The van der Waals surface area contributed by atoms with E-state index >= 15 is 0 Å². The highest BCUT2D eigenvalue weighted by Crippen LogP contribution is 2.22. The second-order valence-electron chi connectivity index (χ2n) is 3.12. The topological polar surface area (TPSA) is 12.0 Å². The molecule has 0 aliphatic heterocycles. The lowest BCUT2D eigenvalue weighted by Crippen LogP contribution is -2.17. The van der Waals surface area contributed by atoms with Crippen molar-refractivity contribution in [3.8, 4) is 0 Å². The monoisotopic (exact) mass is 157 g/mol. The summed E-state index contributed by atoms with van der Waals surface area (Å²) in [4.78, 5) is 0. The fourth-order valence-electron chi connectivity index (χ4n) is 0.266. The molecule has 0 amide bonds. The van der Waals surface area contributed by atoms with Gasteiger partial charge in [0.1, 0.15) is 0 Å². The van der Waals surface area contributed by atoms with Crippen LogP contribution in [-0.2, 0) is 0 Å². The van der Waals surface area contributed by atoms with E-state index in [2.05, 4.69) is 38.7 Å². The van der Waals surface area contributed by atoms with Crippen LogP contribution in [-0.4, -0.2) is 0 Å². The molecule has 0 aromatic heterocycles. The van der Waals surface area contributed by atoms with Crippen LogP contribution in [0.15, 0.2) is 24.3 Å². The van der Waals surface area contributed by atoms with Crippen LogP contribution in [0.3, 0.4) is 0 Å². The summed E-state index contributed by atoms with van der Waals surface area (Å²) < 4.78 is 3.08. The van der Waals surface area contributed by atoms with Gasteiger partial charge >= 0.3 is 0 Å². The van der Waals surface area contributed by atoms with Crippen LogP contribution in [0.25, 0.3) is 0 Å². The van der Waals surface area contributed by atoms with Gasteiger partial charge in [0, 0.05) is 11.1 Å². The van der Waals surface area contributed by atoms with Crippen LogP contribution in [0.4, 0.5) is 0 Å². The van der Waals surface area contributed by atoms with Crippen molar-refractivity contribution in [2.75, 3.05) is 0 Å². The van der Waals surface area contributed by atoms with Crippen molar-refractivity contribution >= 4 is 11.9 Å². The lowest BCUT2D eigenvalue weighted by Gasteiger charge is -2.21. The predicted octanol–water partition coefficient (Wildman–Crippen LogP) is 2.93. The second kappa shape index (κ2) is 3.71. The maximum atomic E-state index is 3.88. The van der Waals surface area contributed by atoms with E-state index in [4.69, 9.17) is 0 Å². The molecule has 0 bridgehead atoms. The molecule has 2 heteroatoms. The lowest BCUT2D eigenvalue weighted by atomic mass is 9.94. The quantitative estimate of drug-likeness (QED) is 0.632. The minimum absolute atomic E-state index is 0.135. The summed E-state index contributed by atoms with van der Waals surface area (Å²) in [5.74, 6) is 0. The Balaban J connectivity index is 3.74. The molecule has 0 saturated carbocycles. The highest BCUT2D eigenvalue weighted by Gasteiger charge is 2.13. The molecule has 0 heterocycles. The molecule has 1 nitrogen and oxygen atoms in total. The second-order valence-corrected chi connectivity index (χ2v) is 3.89. The third-order valence-corrected chi connectivity index (χ3v) is 1.70. The van der Waals surface area contributed by atoms with Crippen molar-refractivity contribution in [3.63, 3.8) is 0 Å². The Morgan fingerprint density at radius 2 is 2.00 bits per heavy atom. The number of allylic oxidation sites excluding steroid dienone is 1. The van der Waals surface area contributed by atoms with Crippen LogP contribution in [0.5, 0.6) is 0 Å². The summed E-state index contributed by atoms with van der Waals surface area (Å²) >= 11 is 1.46. The Hall–Kier alpha value is -0.370. The molecule has 0 radical (unpaired) electrons. The summed E-state index contributed by atoms with van der Waals surface area (Å²) in [6, 6.07) is 0. The van der Waals surface area contributed by atoms with Gasteiger partial charge in [0.25, 0.3) is 0 Å². The van der Waals surface area contributed by atoms with Gasteiger partial charge in [-0.15, -0.1) is 0 Å². The SMILES string of the molecule is C=CSNC(=C)C(C)(C)C. The first kappa shape index (κ1) is 9.63. The lowest BCUT2D eigenvalue weighted by molar-refractivity contribution is 0.491. The van der Waals surface area contributed by atoms with E-state index in [-0.39, 0.29) is 5.41 Å². The van der Waals surface area contributed by atoms with Crippen molar-refractivity contribution in [3.05, 3.63) is 24.3 Å². The predicted molar refractivity (Wildman–Crippen MR) is 49.5 cm³/mol. The Bertz CT molecular complexity index is 133. The summed E-state index contributed by atoms with van der Waals surface area (Å²) in [5.41, 5.74) is 1.16. The van der Waals surface area contributed by atoms with Crippen LogP contribution < -0.4 is 4.72 Å². The average Bonchev–Trinajstić information content (AvgIpc) is 1.80. The van der Waals surface area contributed by atoms with Gasteiger partial charge in [0.15, 0.2) is 0 Å². The third-order valence-electron chi connectivity index (χ3n) is 1.17. The number of hydrogen-bond acceptors (Lipinski definition) is 2. The standard InChI is InChI=1S/C8H15NS/c1-6-10-9-7(2)8(3,4)5/h6,9H,1-2H2,3-5H3.